The molecule has 132 valence electrons. The number of nitrogens with zero attached hydrogens (tertiary/aromatic N) is 4. The average Bonchev–Trinajstić information content (AvgIpc) is 2.88. The lowest BCUT2D eigenvalue weighted by atomic mass is 10.2. The number of nitrogens with one attached hydrogen (secondary N) is 1. The molecule has 0 atom stereocenters. The van der Waals surface area contributed by atoms with Crippen LogP contribution in [0.4, 0.5) is 9.18 Å². The lowest BCUT2D eigenvalue weighted by molar-refractivity contribution is 0.0534. The summed E-state index contributed by atoms with van der Waals surface area (Å²) >= 11 is 3.31. The summed E-state index contributed by atoms with van der Waals surface area (Å²) in [4.78, 5) is 11.5. The van der Waals surface area contributed by atoms with E-state index in [9.17, 15) is 9.18 Å². The van der Waals surface area contributed by atoms with Crippen molar-refractivity contribution in [3.8, 4) is 6.07 Å². The number of hydrogen-bond acceptors (Lipinski definition) is 5. The van der Waals surface area contributed by atoms with Gasteiger partial charge in [-0.3, -0.25) is 0 Å². The van der Waals surface area contributed by atoms with E-state index < -0.39 is 17.5 Å². The highest BCUT2D eigenvalue weighted by Crippen LogP contribution is 2.24. The number of carbonyl (C=O) groups is 1. The lowest BCUT2D eigenvalue weighted by Crippen LogP contribution is -2.32. The molecule has 0 radical (unpaired) electrons. The normalized spacial score (nSPS) is 12.1. The summed E-state index contributed by atoms with van der Waals surface area (Å²) < 4.78 is 21.1. The third kappa shape index (κ3) is 5.26. The molecule has 1 amide bonds. The number of fused-ring (bicyclic) bond motifs is 1. The Hall–Kier alpha value is -2.47. The van der Waals surface area contributed by atoms with Gasteiger partial charge in [-0.2, -0.15) is 5.26 Å². The molecule has 7 nitrogen and oxygen atoms in total. The van der Waals surface area contributed by atoms with Crippen molar-refractivity contribution in [2.45, 2.75) is 32.9 Å². The first-order valence-electron chi connectivity index (χ1n) is 7.44. The summed E-state index contributed by atoms with van der Waals surface area (Å²) in [6, 6.07) is 5.24. The fraction of sp³-hybridized carbons (Fsp3) is 0.375. The Kier molecular flexibility index (Phi) is 5.74. The maximum absolute atomic E-state index is 14.1. The van der Waals surface area contributed by atoms with Gasteiger partial charge in [0.2, 0.25) is 0 Å². The highest BCUT2D eigenvalue weighted by atomic mass is 79.9. The number of amides is 1. The monoisotopic (exact) mass is 409 g/mol. The van der Waals surface area contributed by atoms with Crippen molar-refractivity contribution in [2.75, 3.05) is 6.54 Å². The van der Waals surface area contributed by atoms with E-state index in [-0.39, 0.29) is 13.1 Å². The second-order valence-corrected chi connectivity index (χ2v) is 7.07. The van der Waals surface area contributed by atoms with Crippen molar-refractivity contribution >= 4 is 33.1 Å². The van der Waals surface area contributed by atoms with E-state index in [1.54, 1.807) is 32.9 Å². The van der Waals surface area contributed by atoms with Gasteiger partial charge in [-0.05, 0) is 54.9 Å². The van der Waals surface area contributed by atoms with Crippen LogP contribution in [0.25, 0.3) is 11.0 Å². The van der Waals surface area contributed by atoms with E-state index in [0.717, 1.165) is 0 Å². The van der Waals surface area contributed by atoms with Gasteiger partial charge >= 0.3 is 6.09 Å². The summed E-state index contributed by atoms with van der Waals surface area (Å²) in [6.45, 7) is 5.06. The number of allylic oxidation sites excluding steroid dienone is 1. The zero-order valence-electron chi connectivity index (χ0n) is 14.0. The molecule has 1 N–H and O–H groups in total. The van der Waals surface area contributed by atoms with Crippen LogP contribution in [0.5, 0.6) is 0 Å². The lowest BCUT2D eigenvalue weighted by Gasteiger charge is -2.19. The van der Waals surface area contributed by atoms with Crippen LogP contribution in [0.2, 0.25) is 0 Å². The molecule has 0 unspecified atom stereocenters. The zero-order valence-corrected chi connectivity index (χ0v) is 15.6. The number of hydrogen-bond donors (Lipinski definition) is 1. The van der Waals surface area contributed by atoms with Gasteiger partial charge in [0, 0.05) is 11.0 Å². The van der Waals surface area contributed by atoms with Gasteiger partial charge in [0.15, 0.2) is 0 Å². The quantitative estimate of drug-likeness (QED) is 0.834. The van der Waals surface area contributed by atoms with Crippen molar-refractivity contribution in [1.29, 1.82) is 5.26 Å². The summed E-state index contributed by atoms with van der Waals surface area (Å²) in [7, 11) is 0. The summed E-state index contributed by atoms with van der Waals surface area (Å²) in [5, 5.41) is 19.3. The highest BCUT2D eigenvalue weighted by Gasteiger charge is 2.15. The Morgan fingerprint density at radius 1 is 1.52 bits per heavy atom. The maximum atomic E-state index is 14.1. The van der Waals surface area contributed by atoms with E-state index in [0.29, 0.717) is 21.1 Å². The van der Waals surface area contributed by atoms with Crippen LogP contribution >= 0.6 is 15.9 Å². The van der Waals surface area contributed by atoms with Gasteiger partial charge in [0.1, 0.15) is 16.9 Å². The molecule has 0 spiro atoms. The molecule has 0 fully saturated rings. The minimum atomic E-state index is -0.620. The summed E-state index contributed by atoms with van der Waals surface area (Å²) in [6.07, 6.45) is 0.603. The number of carbonyl (C=O) groups excluding carboxylic acids is 1. The Bertz CT molecular complexity index is 864. The van der Waals surface area contributed by atoms with E-state index in [4.69, 9.17) is 10.00 Å². The van der Waals surface area contributed by atoms with Crippen molar-refractivity contribution in [2.24, 2.45) is 0 Å². The second-order valence-electron chi connectivity index (χ2n) is 6.22. The van der Waals surface area contributed by atoms with Crippen LogP contribution in [0, 0.1) is 11.3 Å². The molecule has 1 aromatic heterocycles. The largest absolute Gasteiger partial charge is 0.444 e. The molecular weight excluding hydrogens is 393 g/mol. The fourth-order valence-electron chi connectivity index (χ4n) is 1.98. The number of rotatable bonds is 4. The van der Waals surface area contributed by atoms with Crippen molar-refractivity contribution in [3.05, 3.63) is 34.1 Å². The van der Waals surface area contributed by atoms with Crippen LogP contribution in [-0.4, -0.2) is 33.2 Å². The SMILES string of the molecule is CC(C)(C)OC(=O)NC/C=C(\F)Cn1nnc2c(Br)cc(C#N)cc21. The molecule has 0 saturated carbocycles. The van der Waals surface area contributed by atoms with Crippen molar-refractivity contribution in [3.63, 3.8) is 0 Å². The smallest absolute Gasteiger partial charge is 0.407 e. The van der Waals surface area contributed by atoms with Crippen LogP contribution < -0.4 is 5.32 Å². The molecule has 0 aliphatic rings. The summed E-state index contributed by atoms with van der Waals surface area (Å²) in [5.41, 5.74) is 0.879. The van der Waals surface area contributed by atoms with Gasteiger partial charge in [-0.15, -0.1) is 5.10 Å². The van der Waals surface area contributed by atoms with Gasteiger partial charge in [-0.1, -0.05) is 5.21 Å². The first-order chi connectivity index (χ1) is 11.7. The van der Waals surface area contributed by atoms with Gasteiger partial charge in [0.05, 0.1) is 23.7 Å². The van der Waals surface area contributed by atoms with E-state index >= 15 is 0 Å². The Balaban J connectivity index is 2.04. The fourth-order valence-corrected chi connectivity index (χ4v) is 2.50. The van der Waals surface area contributed by atoms with Gasteiger partial charge in [-0.25, -0.2) is 13.9 Å². The minimum Gasteiger partial charge on any atom is -0.444 e. The predicted octanol–water partition coefficient (Wildman–Crippen LogP) is 3.44. The molecular formula is C16H17BrFN5O2. The average molecular weight is 410 g/mol. The molecule has 0 bridgehead atoms. The standard InChI is InChI=1S/C16H17BrFN5O2/c1-16(2,3)25-15(24)20-5-4-11(18)9-23-13-7-10(8-19)6-12(17)14(13)21-22-23/h4,6-7H,5,9H2,1-3H3,(H,20,24)/b11-4-. The number of alkyl carbamates (subject to hydrolysis) is 1. The highest BCUT2D eigenvalue weighted by molar-refractivity contribution is 9.10. The number of nitriles is 1. The number of halogens is 2. The third-order valence-electron chi connectivity index (χ3n) is 2.97. The molecule has 1 aromatic carbocycles. The Labute approximate surface area is 152 Å². The van der Waals surface area contributed by atoms with E-state index in [1.165, 1.54) is 10.8 Å². The van der Waals surface area contributed by atoms with Gasteiger partial charge < -0.3 is 10.1 Å². The Morgan fingerprint density at radius 3 is 2.88 bits per heavy atom. The minimum absolute atomic E-state index is 0.0134. The van der Waals surface area contributed by atoms with Crippen molar-refractivity contribution < 1.29 is 13.9 Å². The van der Waals surface area contributed by atoms with Crippen molar-refractivity contribution in [1.82, 2.24) is 20.3 Å². The second kappa shape index (κ2) is 7.61. The van der Waals surface area contributed by atoms with E-state index in [2.05, 4.69) is 31.6 Å². The van der Waals surface area contributed by atoms with Crippen LogP contribution in [-0.2, 0) is 11.3 Å². The molecule has 2 rings (SSSR count). The molecule has 0 aliphatic carbocycles. The molecule has 0 aliphatic heterocycles. The van der Waals surface area contributed by atoms with Crippen LogP contribution in [0.1, 0.15) is 26.3 Å². The summed E-state index contributed by atoms with van der Waals surface area (Å²) in [5.74, 6) is -0.499. The topological polar surface area (TPSA) is 92.8 Å². The predicted molar refractivity (Wildman–Crippen MR) is 93.4 cm³/mol. The number of aromatic nitrogens is 3. The molecule has 2 aromatic rings. The molecule has 9 heteroatoms. The Morgan fingerprint density at radius 2 is 2.24 bits per heavy atom. The maximum Gasteiger partial charge on any atom is 0.407 e. The first kappa shape index (κ1) is 18.9. The first-order valence-corrected chi connectivity index (χ1v) is 8.23. The number of benzene rings is 1. The molecule has 0 saturated heterocycles. The molecule has 25 heavy (non-hydrogen) atoms. The van der Waals surface area contributed by atoms with Crippen LogP contribution in [0.3, 0.4) is 0 Å². The zero-order chi connectivity index (χ0) is 18.6. The third-order valence-corrected chi connectivity index (χ3v) is 3.58. The van der Waals surface area contributed by atoms with Gasteiger partial charge in [0.25, 0.3) is 0 Å². The van der Waals surface area contributed by atoms with E-state index in [1.807, 2.05) is 6.07 Å². The number of ether oxygens (including phenoxy) is 1. The molecule has 1 heterocycles. The van der Waals surface area contributed by atoms with Crippen LogP contribution in [0.15, 0.2) is 28.5 Å².